The summed E-state index contributed by atoms with van der Waals surface area (Å²) in [7, 11) is 1.84. The molecule has 3 amide bonds. The number of fused-ring (bicyclic) bond motifs is 1. The minimum Gasteiger partial charge on any atom is -0.488 e. The summed E-state index contributed by atoms with van der Waals surface area (Å²) in [6.07, 6.45) is -0.180. The number of nitrogens with zero attached hydrogens (tertiary/aromatic N) is 1. The molecule has 0 aliphatic carbocycles. The fourth-order valence-corrected chi connectivity index (χ4v) is 3.57. The van der Waals surface area contributed by atoms with Gasteiger partial charge >= 0.3 is 6.03 Å². The molecule has 172 valence electrons. The highest BCUT2D eigenvalue weighted by Gasteiger charge is 2.32. The van der Waals surface area contributed by atoms with E-state index in [1.54, 1.807) is 30.0 Å². The summed E-state index contributed by atoms with van der Waals surface area (Å²) >= 11 is 0. The Labute approximate surface area is 186 Å². The van der Waals surface area contributed by atoms with Gasteiger partial charge in [-0.15, -0.1) is 0 Å². The molecule has 1 aliphatic heterocycles. The number of rotatable bonds is 6. The summed E-state index contributed by atoms with van der Waals surface area (Å²) in [5.41, 5.74) is 1.13. The van der Waals surface area contributed by atoms with Gasteiger partial charge in [-0.1, -0.05) is 6.92 Å². The Hall–Kier alpha value is -3.17. The first-order chi connectivity index (χ1) is 15.3. The van der Waals surface area contributed by atoms with E-state index >= 15 is 0 Å². The van der Waals surface area contributed by atoms with Gasteiger partial charge in [-0.05, 0) is 56.4 Å². The fraction of sp³-hybridized carbons (Fsp3) is 0.391. The first kappa shape index (κ1) is 23.5. The highest BCUT2D eigenvalue weighted by molar-refractivity contribution is 6.02. The largest absolute Gasteiger partial charge is 0.488 e. The second kappa shape index (κ2) is 10.4. The summed E-state index contributed by atoms with van der Waals surface area (Å²) in [6, 6.07) is 9.36. The second-order valence-electron chi connectivity index (χ2n) is 7.98. The van der Waals surface area contributed by atoms with Crippen LogP contribution >= 0.6 is 0 Å². The molecule has 3 rings (SSSR count). The van der Waals surface area contributed by atoms with Gasteiger partial charge in [0.05, 0.1) is 18.2 Å². The molecule has 0 aromatic heterocycles. The van der Waals surface area contributed by atoms with Crippen molar-refractivity contribution < 1.29 is 23.8 Å². The predicted molar refractivity (Wildman–Crippen MR) is 121 cm³/mol. The molecular weight excluding hydrogens is 415 g/mol. The maximum atomic E-state index is 13.3. The minimum atomic E-state index is -0.530. The van der Waals surface area contributed by atoms with E-state index in [0.717, 1.165) is 0 Å². The molecule has 2 aromatic carbocycles. The molecule has 0 saturated carbocycles. The van der Waals surface area contributed by atoms with Crippen LogP contribution in [0, 0.1) is 11.7 Å². The van der Waals surface area contributed by atoms with Crippen LogP contribution in [0.2, 0.25) is 0 Å². The van der Waals surface area contributed by atoms with Crippen molar-refractivity contribution in [2.24, 2.45) is 5.92 Å². The zero-order valence-corrected chi connectivity index (χ0v) is 18.4. The van der Waals surface area contributed by atoms with Crippen LogP contribution in [0.3, 0.4) is 0 Å². The van der Waals surface area contributed by atoms with Gasteiger partial charge < -0.3 is 30.7 Å². The number of urea groups is 1. The number of hydrogen-bond donors (Lipinski definition) is 4. The van der Waals surface area contributed by atoms with Crippen molar-refractivity contribution in [2.75, 3.05) is 37.4 Å². The molecule has 32 heavy (non-hydrogen) atoms. The number of aliphatic hydroxyl groups is 1. The molecule has 0 radical (unpaired) electrons. The van der Waals surface area contributed by atoms with Crippen molar-refractivity contribution in [3.8, 4) is 5.75 Å². The van der Waals surface area contributed by atoms with Gasteiger partial charge in [0, 0.05) is 30.4 Å². The van der Waals surface area contributed by atoms with E-state index in [-0.39, 0.29) is 30.6 Å². The zero-order valence-electron chi connectivity index (χ0n) is 18.4. The van der Waals surface area contributed by atoms with Gasteiger partial charge in [0.25, 0.3) is 5.91 Å². The van der Waals surface area contributed by atoms with Gasteiger partial charge in [0.2, 0.25) is 0 Å². The molecule has 0 spiro atoms. The normalized spacial score (nSPS) is 19.3. The van der Waals surface area contributed by atoms with Crippen LogP contribution < -0.4 is 20.7 Å². The highest BCUT2D eigenvalue weighted by atomic mass is 19.1. The lowest BCUT2D eigenvalue weighted by atomic mass is 9.99. The van der Waals surface area contributed by atoms with Gasteiger partial charge in [-0.25, -0.2) is 9.18 Å². The van der Waals surface area contributed by atoms with Crippen molar-refractivity contribution in [3.63, 3.8) is 0 Å². The third-order valence-corrected chi connectivity index (χ3v) is 5.43. The highest BCUT2D eigenvalue weighted by Crippen LogP contribution is 2.30. The number of benzene rings is 2. The number of ether oxygens (including phenoxy) is 1. The van der Waals surface area contributed by atoms with Crippen molar-refractivity contribution >= 4 is 23.3 Å². The topological polar surface area (TPSA) is 103 Å². The lowest BCUT2D eigenvalue weighted by Gasteiger charge is -2.37. The Kier molecular flexibility index (Phi) is 7.66. The lowest BCUT2D eigenvalue weighted by Crippen LogP contribution is -2.49. The smallest absolute Gasteiger partial charge is 0.323 e. The van der Waals surface area contributed by atoms with E-state index in [1.807, 2.05) is 14.0 Å². The van der Waals surface area contributed by atoms with E-state index in [0.29, 0.717) is 35.8 Å². The second-order valence-corrected chi connectivity index (χ2v) is 7.98. The van der Waals surface area contributed by atoms with Crippen molar-refractivity contribution in [1.82, 2.24) is 10.2 Å². The predicted octanol–water partition coefficient (Wildman–Crippen LogP) is 2.91. The Morgan fingerprint density at radius 2 is 1.88 bits per heavy atom. The number of halogens is 1. The SMILES string of the molecule is CNC[C@@H]1Oc2ccc(NC(=O)Nc3ccc(F)cc3)cc2C(=O)N([C@H](C)CO)C[C@H]1C. The lowest BCUT2D eigenvalue weighted by molar-refractivity contribution is 0.0416. The van der Waals surface area contributed by atoms with Crippen LogP contribution in [0.5, 0.6) is 5.75 Å². The van der Waals surface area contributed by atoms with Gasteiger partial charge in [-0.2, -0.15) is 0 Å². The van der Waals surface area contributed by atoms with Crippen LogP contribution in [0.25, 0.3) is 0 Å². The van der Waals surface area contributed by atoms with E-state index in [2.05, 4.69) is 16.0 Å². The molecule has 0 fully saturated rings. The van der Waals surface area contributed by atoms with Crippen molar-refractivity contribution in [3.05, 3.63) is 53.8 Å². The third-order valence-electron chi connectivity index (χ3n) is 5.43. The quantitative estimate of drug-likeness (QED) is 0.549. The van der Waals surface area contributed by atoms with Crippen molar-refractivity contribution in [2.45, 2.75) is 26.0 Å². The van der Waals surface area contributed by atoms with Crippen LogP contribution in [-0.2, 0) is 0 Å². The third kappa shape index (κ3) is 5.54. The molecule has 3 atom stereocenters. The van der Waals surface area contributed by atoms with E-state index in [9.17, 15) is 19.1 Å². The molecule has 2 aromatic rings. The average molecular weight is 445 g/mol. The Balaban J connectivity index is 1.86. The molecule has 1 aliphatic rings. The number of nitrogens with one attached hydrogen (secondary N) is 3. The molecule has 1 heterocycles. The molecule has 0 unspecified atom stereocenters. The van der Waals surface area contributed by atoms with Gasteiger partial charge in [-0.3, -0.25) is 4.79 Å². The molecule has 0 bridgehead atoms. The minimum absolute atomic E-state index is 0.0350. The van der Waals surface area contributed by atoms with Gasteiger partial charge in [0.1, 0.15) is 17.7 Å². The Morgan fingerprint density at radius 1 is 1.22 bits per heavy atom. The Bertz CT molecular complexity index is 954. The maximum absolute atomic E-state index is 13.3. The van der Waals surface area contributed by atoms with Gasteiger partial charge in [0.15, 0.2) is 0 Å². The summed E-state index contributed by atoms with van der Waals surface area (Å²) in [6.45, 7) is 4.65. The summed E-state index contributed by atoms with van der Waals surface area (Å²) in [5, 5.41) is 18.1. The molecule has 8 nitrogen and oxygen atoms in total. The number of amides is 3. The summed E-state index contributed by atoms with van der Waals surface area (Å²) < 4.78 is 19.2. The molecular formula is C23H29FN4O4. The number of likely N-dealkylation sites (N-methyl/N-ethyl adjacent to an activating group) is 1. The van der Waals surface area contributed by atoms with Crippen LogP contribution in [0.1, 0.15) is 24.2 Å². The molecule has 9 heteroatoms. The van der Waals surface area contributed by atoms with E-state index in [4.69, 9.17) is 4.74 Å². The average Bonchev–Trinajstić information content (AvgIpc) is 2.77. The number of hydrogen-bond acceptors (Lipinski definition) is 5. The van der Waals surface area contributed by atoms with E-state index < -0.39 is 11.8 Å². The fourth-order valence-electron chi connectivity index (χ4n) is 3.57. The van der Waals surface area contributed by atoms with Crippen molar-refractivity contribution in [1.29, 1.82) is 0 Å². The van der Waals surface area contributed by atoms with Crippen LogP contribution in [-0.4, -0.2) is 60.8 Å². The molecule has 0 saturated heterocycles. The zero-order chi connectivity index (χ0) is 23.3. The van der Waals surface area contributed by atoms with E-state index in [1.165, 1.54) is 24.3 Å². The summed E-state index contributed by atoms with van der Waals surface area (Å²) in [5.74, 6) is -0.225. The number of carbonyl (C=O) groups excluding carboxylic acids is 2. The first-order valence-corrected chi connectivity index (χ1v) is 10.5. The standard InChI is InChI=1S/C23H29FN4O4/c1-14-12-28(15(2)13-29)22(30)19-10-18(8-9-20(19)32-21(14)11-25-3)27-23(31)26-17-6-4-16(24)5-7-17/h4-10,14-15,21,25,29H,11-13H2,1-3H3,(H2,26,27,31)/t14-,15-,21+/m1/s1. The Morgan fingerprint density at radius 3 is 2.53 bits per heavy atom. The number of carbonyl (C=O) groups is 2. The van der Waals surface area contributed by atoms with Crippen LogP contribution in [0.15, 0.2) is 42.5 Å². The summed E-state index contributed by atoms with van der Waals surface area (Å²) in [4.78, 5) is 27.3. The first-order valence-electron chi connectivity index (χ1n) is 10.5. The van der Waals surface area contributed by atoms with Crippen LogP contribution in [0.4, 0.5) is 20.6 Å². The number of anilines is 2. The number of aliphatic hydroxyl groups excluding tert-OH is 1. The monoisotopic (exact) mass is 444 g/mol. The molecule has 4 N–H and O–H groups in total. The maximum Gasteiger partial charge on any atom is 0.323 e.